The topological polar surface area (TPSA) is 67.9 Å². The predicted molar refractivity (Wildman–Crippen MR) is 123 cm³/mol. The molecule has 0 atom stereocenters. The van der Waals surface area contributed by atoms with E-state index in [4.69, 9.17) is 33.3 Å². The Kier molecular flexibility index (Phi) is 7.12. The fourth-order valence-electron chi connectivity index (χ4n) is 2.72. The maximum atomic E-state index is 12.4. The Balaban J connectivity index is 1.90. The summed E-state index contributed by atoms with van der Waals surface area (Å²) >= 11 is 14.4. The van der Waals surface area contributed by atoms with E-state index in [1.165, 1.54) is 18.0 Å². The lowest BCUT2D eigenvalue weighted by Gasteiger charge is -2.25. The number of hydrogen-bond acceptors (Lipinski definition) is 5. The van der Waals surface area contributed by atoms with Gasteiger partial charge in [-0.05, 0) is 76.5 Å². The standard InChI is InChI=1S/C21H18BrClN2O4S/c1-3-28-17-10-13(8-15-19(26)24-21(30)25(2)20(15)27)9-16(22)18(17)29-11-12-4-6-14(23)7-5-12/h4-10H,3,11H2,1-2H3,(H,24,26,30)/b15-8+. The fraction of sp³-hybridized carbons (Fsp3) is 0.190. The van der Waals surface area contributed by atoms with Gasteiger partial charge in [-0.25, -0.2) is 0 Å². The molecule has 1 aliphatic heterocycles. The molecule has 2 aromatic rings. The maximum absolute atomic E-state index is 12.4. The Morgan fingerprint density at radius 3 is 2.57 bits per heavy atom. The molecule has 156 valence electrons. The molecule has 1 heterocycles. The van der Waals surface area contributed by atoms with Crippen LogP contribution < -0.4 is 14.8 Å². The summed E-state index contributed by atoms with van der Waals surface area (Å²) in [5.41, 5.74) is 1.53. The molecular weight excluding hydrogens is 492 g/mol. The number of rotatable bonds is 6. The molecule has 9 heteroatoms. The summed E-state index contributed by atoms with van der Waals surface area (Å²) in [6, 6.07) is 10.8. The Morgan fingerprint density at radius 1 is 1.20 bits per heavy atom. The number of likely N-dealkylation sites (N-methyl/N-ethyl adjacent to an activating group) is 1. The molecule has 1 aliphatic rings. The first-order valence-corrected chi connectivity index (χ1v) is 10.6. The van der Waals surface area contributed by atoms with Gasteiger partial charge in [0, 0.05) is 12.1 Å². The van der Waals surface area contributed by atoms with E-state index in [9.17, 15) is 9.59 Å². The van der Waals surface area contributed by atoms with E-state index in [1.54, 1.807) is 24.3 Å². The van der Waals surface area contributed by atoms with Crippen LogP contribution in [0.1, 0.15) is 18.1 Å². The lowest BCUT2D eigenvalue weighted by molar-refractivity contribution is -0.128. The smallest absolute Gasteiger partial charge is 0.265 e. The van der Waals surface area contributed by atoms with Gasteiger partial charge in [0.2, 0.25) is 0 Å². The van der Waals surface area contributed by atoms with Gasteiger partial charge in [0.15, 0.2) is 16.6 Å². The third-order valence-electron chi connectivity index (χ3n) is 4.24. The quantitative estimate of drug-likeness (QED) is 0.357. The molecule has 0 saturated carbocycles. The molecule has 3 rings (SSSR count). The zero-order valence-corrected chi connectivity index (χ0v) is 19.4. The van der Waals surface area contributed by atoms with Gasteiger partial charge >= 0.3 is 0 Å². The number of thiocarbonyl (C=S) groups is 1. The number of carbonyl (C=O) groups excluding carboxylic acids is 2. The number of carbonyl (C=O) groups is 2. The van der Waals surface area contributed by atoms with Crippen molar-refractivity contribution < 1.29 is 19.1 Å². The number of ether oxygens (including phenoxy) is 2. The molecule has 0 radical (unpaired) electrons. The van der Waals surface area contributed by atoms with Crippen molar-refractivity contribution in [2.45, 2.75) is 13.5 Å². The summed E-state index contributed by atoms with van der Waals surface area (Å²) in [5, 5.41) is 3.22. The lowest BCUT2D eigenvalue weighted by atomic mass is 10.1. The van der Waals surface area contributed by atoms with Crippen molar-refractivity contribution in [3.63, 3.8) is 0 Å². The largest absolute Gasteiger partial charge is 0.490 e. The van der Waals surface area contributed by atoms with Crippen LogP contribution in [0.15, 0.2) is 46.4 Å². The van der Waals surface area contributed by atoms with Gasteiger partial charge in [-0.2, -0.15) is 0 Å². The van der Waals surface area contributed by atoms with E-state index >= 15 is 0 Å². The van der Waals surface area contributed by atoms with E-state index in [-0.39, 0.29) is 10.7 Å². The summed E-state index contributed by atoms with van der Waals surface area (Å²) in [7, 11) is 1.51. The molecule has 6 nitrogen and oxygen atoms in total. The number of nitrogens with one attached hydrogen (secondary N) is 1. The second kappa shape index (κ2) is 9.59. The maximum Gasteiger partial charge on any atom is 0.265 e. The number of amides is 2. The first kappa shape index (κ1) is 22.3. The number of benzene rings is 2. The van der Waals surface area contributed by atoms with Crippen LogP contribution in [0.25, 0.3) is 6.08 Å². The highest BCUT2D eigenvalue weighted by atomic mass is 79.9. The Bertz CT molecular complexity index is 1040. The first-order chi connectivity index (χ1) is 14.3. The molecule has 2 aromatic carbocycles. The van der Waals surface area contributed by atoms with Gasteiger partial charge in [-0.3, -0.25) is 19.8 Å². The van der Waals surface area contributed by atoms with Crippen LogP contribution in [-0.4, -0.2) is 35.5 Å². The lowest BCUT2D eigenvalue weighted by Crippen LogP contribution is -2.52. The highest BCUT2D eigenvalue weighted by Crippen LogP contribution is 2.38. The zero-order valence-electron chi connectivity index (χ0n) is 16.2. The normalized spacial score (nSPS) is 15.4. The summed E-state index contributed by atoms with van der Waals surface area (Å²) in [6.45, 7) is 2.59. The van der Waals surface area contributed by atoms with Gasteiger partial charge in [0.05, 0.1) is 11.1 Å². The molecule has 0 aliphatic carbocycles. The van der Waals surface area contributed by atoms with Gasteiger partial charge < -0.3 is 9.47 Å². The second-order valence-corrected chi connectivity index (χ2v) is 8.04. The third-order valence-corrected chi connectivity index (χ3v) is 5.46. The van der Waals surface area contributed by atoms with Crippen molar-refractivity contribution in [1.82, 2.24) is 10.2 Å². The van der Waals surface area contributed by atoms with Crippen molar-refractivity contribution in [1.29, 1.82) is 0 Å². The molecule has 0 aromatic heterocycles. The SMILES string of the molecule is CCOc1cc(/C=C2\C(=O)NC(=S)N(C)C2=O)cc(Br)c1OCc1ccc(Cl)cc1. The van der Waals surface area contributed by atoms with Crippen molar-refractivity contribution >= 4 is 62.8 Å². The zero-order chi connectivity index (χ0) is 21.8. The summed E-state index contributed by atoms with van der Waals surface area (Å²) < 4.78 is 12.3. The highest BCUT2D eigenvalue weighted by molar-refractivity contribution is 9.10. The molecule has 1 saturated heterocycles. The van der Waals surface area contributed by atoms with E-state index in [0.29, 0.717) is 39.8 Å². The monoisotopic (exact) mass is 508 g/mol. The van der Waals surface area contributed by atoms with Crippen LogP contribution in [0.2, 0.25) is 5.02 Å². The molecule has 1 fully saturated rings. The van der Waals surface area contributed by atoms with Gasteiger partial charge in [0.1, 0.15) is 12.2 Å². The summed E-state index contributed by atoms with van der Waals surface area (Å²) in [6.07, 6.45) is 1.49. The predicted octanol–water partition coefficient (Wildman–Crippen LogP) is 4.34. The Morgan fingerprint density at radius 2 is 1.90 bits per heavy atom. The van der Waals surface area contributed by atoms with Crippen LogP contribution in [0.3, 0.4) is 0 Å². The van der Waals surface area contributed by atoms with Crippen LogP contribution in [0.4, 0.5) is 0 Å². The Labute approximate surface area is 192 Å². The van der Waals surface area contributed by atoms with Crippen LogP contribution >= 0.6 is 39.7 Å². The number of hydrogen-bond donors (Lipinski definition) is 1. The molecular formula is C21H18BrClN2O4S. The number of halogens is 2. The second-order valence-electron chi connectivity index (χ2n) is 6.36. The average Bonchev–Trinajstić information content (AvgIpc) is 2.70. The van der Waals surface area contributed by atoms with Crippen molar-refractivity contribution in [2.75, 3.05) is 13.7 Å². The van der Waals surface area contributed by atoms with Gasteiger partial charge in [-0.15, -0.1) is 0 Å². The van der Waals surface area contributed by atoms with Crippen LogP contribution in [0.5, 0.6) is 11.5 Å². The Hall–Kier alpha value is -2.42. The molecule has 0 bridgehead atoms. The molecule has 1 N–H and O–H groups in total. The molecule has 30 heavy (non-hydrogen) atoms. The fourth-order valence-corrected chi connectivity index (χ4v) is 3.60. The minimum Gasteiger partial charge on any atom is -0.490 e. The highest BCUT2D eigenvalue weighted by Gasteiger charge is 2.30. The van der Waals surface area contributed by atoms with E-state index in [1.807, 2.05) is 19.1 Å². The molecule has 2 amide bonds. The summed E-state index contributed by atoms with van der Waals surface area (Å²) in [5.74, 6) is -0.00644. The van der Waals surface area contributed by atoms with Gasteiger partial charge in [0.25, 0.3) is 11.8 Å². The van der Waals surface area contributed by atoms with Crippen molar-refractivity contribution in [2.24, 2.45) is 0 Å². The first-order valence-electron chi connectivity index (χ1n) is 8.98. The molecule has 0 spiro atoms. The van der Waals surface area contributed by atoms with E-state index in [0.717, 1.165) is 5.56 Å². The van der Waals surface area contributed by atoms with Crippen LogP contribution in [0, 0.1) is 0 Å². The van der Waals surface area contributed by atoms with Crippen molar-refractivity contribution in [3.8, 4) is 11.5 Å². The minimum absolute atomic E-state index is 0.0183. The van der Waals surface area contributed by atoms with Crippen molar-refractivity contribution in [3.05, 3.63) is 62.6 Å². The minimum atomic E-state index is -0.541. The van der Waals surface area contributed by atoms with E-state index in [2.05, 4.69) is 21.2 Å². The molecule has 0 unspecified atom stereocenters. The van der Waals surface area contributed by atoms with Gasteiger partial charge in [-0.1, -0.05) is 23.7 Å². The third kappa shape index (κ3) is 5.00. The average molecular weight is 510 g/mol. The van der Waals surface area contributed by atoms with E-state index < -0.39 is 11.8 Å². The summed E-state index contributed by atoms with van der Waals surface area (Å²) in [4.78, 5) is 25.9. The number of nitrogens with zero attached hydrogens (tertiary/aromatic N) is 1. The van der Waals surface area contributed by atoms with Crippen LogP contribution in [-0.2, 0) is 16.2 Å².